The molecule has 0 radical (unpaired) electrons. The largest absolute Gasteiger partial charge is 0.480 e. The molecule has 1 saturated carbocycles. The normalized spacial score (nSPS) is 15.4. The van der Waals surface area contributed by atoms with Crippen molar-refractivity contribution in [2.45, 2.75) is 31.9 Å². The van der Waals surface area contributed by atoms with Crippen molar-refractivity contribution in [1.29, 1.82) is 0 Å². The Morgan fingerprint density at radius 3 is 2.83 bits per heavy atom. The highest BCUT2D eigenvalue weighted by Gasteiger charge is 2.25. The van der Waals surface area contributed by atoms with Crippen LogP contribution in [0.3, 0.4) is 0 Å². The summed E-state index contributed by atoms with van der Waals surface area (Å²) in [5, 5.41) is 6.67. The molecule has 1 aliphatic carbocycles. The van der Waals surface area contributed by atoms with E-state index >= 15 is 0 Å². The zero-order chi connectivity index (χ0) is 16.7. The number of fused-ring (bicyclic) bond motifs is 1. The monoisotopic (exact) mass is 321 g/mol. The summed E-state index contributed by atoms with van der Waals surface area (Å²) in [6.45, 7) is 1.66. The van der Waals surface area contributed by atoms with Gasteiger partial charge in [0, 0.05) is 17.3 Å². The van der Waals surface area contributed by atoms with Gasteiger partial charge >= 0.3 is 0 Å². The first kappa shape index (κ1) is 14.8. The lowest BCUT2D eigenvalue weighted by molar-refractivity contribution is -0.123. The van der Waals surface area contributed by atoms with Gasteiger partial charge in [0.1, 0.15) is 5.75 Å². The molecule has 1 aromatic heterocycles. The minimum absolute atomic E-state index is 0.484. The number of carbonyl (C=O) groups excluding carboxylic acids is 1. The SMILES string of the molecule is CC(Oc1ccc2ccccc2c1-c1cnn(C2CC2)c1)C(N)=O. The van der Waals surface area contributed by atoms with Gasteiger partial charge in [0.25, 0.3) is 5.91 Å². The van der Waals surface area contributed by atoms with Crippen LogP contribution in [0.1, 0.15) is 25.8 Å². The number of hydrogen-bond donors (Lipinski definition) is 1. The number of aromatic nitrogens is 2. The van der Waals surface area contributed by atoms with E-state index in [0.717, 1.165) is 21.9 Å². The standard InChI is InChI=1S/C19H19N3O2/c1-12(19(20)23)24-17-9-6-13-4-2-3-5-16(13)18(17)14-10-21-22(11-14)15-7-8-15/h2-6,9-12,15H,7-8H2,1H3,(H2,20,23). The Bertz CT molecular complexity index is 912. The van der Waals surface area contributed by atoms with Gasteiger partial charge < -0.3 is 10.5 Å². The first-order chi connectivity index (χ1) is 11.6. The maximum absolute atomic E-state index is 11.4. The third-order valence-electron chi connectivity index (χ3n) is 4.41. The van der Waals surface area contributed by atoms with Gasteiger partial charge in [0.2, 0.25) is 0 Å². The molecular formula is C19H19N3O2. The molecule has 0 spiro atoms. The number of rotatable bonds is 5. The fourth-order valence-electron chi connectivity index (χ4n) is 2.90. The fraction of sp³-hybridized carbons (Fsp3) is 0.263. The smallest absolute Gasteiger partial charge is 0.258 e. The van der Waals surface area contributed by atoms with Crippen LogP contribution in [0.25, 0.3) is 21.9 Å². The maximum atomic E-state index is 11.4. The second-order valence-electron chi connectivity index (χ2n) is 6.26. The summed E-state index contributed by atoms with van der Waals surface area (Å²) in [5.41, 5.74) is 7.30. The van der Waals surface area contributed by atoms with Crippen molar-refractivity contribution in [2.75, 3.05) is 0 Å². The second-order valence-corrected chi connectivity index (χ2v) is 6.26. The molecule has 0 aliphatic heterocycles. The van der Waals surface area contributed by atoms with Crippen molar-refractivity contribution in [3.63, 3.8) is 0 Å². The lowest BCUT2D eigenvalue weighted by atomic mass is 9.99. The molecule has 0 saturated heterocycles. The van der Waals surface area contributed by atoms with E-state index in [1.54, 1.807) is 6.92 Å². The van der Waals surface area contributed by atoms with Crippen LogP contribution in [0.5, 0.6) is 5.75 Å². The van der Waals surface area contributed by atoms with Crippen molar-refractivity contribution < 1.29 is 9.53 Å². The third kappa shape index (κ3) is 2.62. The summed E-state index contributed by atoms with van der Waals surface area (Å²) in [6, 6.07) is 12.5. The molecule has 2 aromatic carbocycles. The Balaban J connectivity index is 1.86. The minimum Gasteiger partial charge on any atom is -0.480 e. The highest BCUT2D eigenvalue weighted by Crippen LogP contribution is 2.40. The van der Waals surface area contributed by atoms with Crippen LogP contribution in [0.4, 0.5) is 0 Å². The number of carbonyl (C=O) groups is 1. The zero-order valence-electron chi connectivity index (χ0n) is 13.5. The van der Waals surface area contributed by atoms with Crippen LogP contribution in [-0.2, 0) is 4.79 Å². The molecule has 1 amide bonds. The predicted octanol–water partition coefficient (Wildman–Crippen LogP) is 3.29. The van der Waals surface area contributed by atoms with E-state index in [0.29, 0.717) is 11.8 Å². The number of primary amides is 1. The summed E-state index contributed by atoms with van der Waals surface area (Å²) in [5.74, 6) is 0.165. The van der Waals surface area contributed by atoms with Crippen LogP contribution in [-0.4, -0.2) is 21.8 Å². The first-order valence-corrected chi connectivity index (χ1v) is 8.16. The summed E-state index contributed by atoms with van der Waals surface area (Å²) >= 11 is 0. The molecule has 1 atom stereocenters. The van der Waals surface area contributed by atoms with Crippen molar-refractivity contribution in [3.05, 3.63) is 48.8 Å². The summed E-state index contributed by atoms with van der Waals surface area (Å²) in [4.78, 5) is 11.4. The van der Waals surface area contributed by atoms with E-state index in [1.807, 2.05) is 35.1 Å². The quantitative estimate of drug-likeness (QED) is 0.784. The van der Waals surface area contributed by atoms with Crippen LogP contribution in [0, 0.1) is 0 Å². The Morgan fingerprint density at radius 2 is 2.08 bits per heavy atom. The number of nitrogens with zero attached hydrogens (tertiary/aromatic N) is 2. The predicted molar refractivity (Wildman–Crippen MR) is 92.7 cm³/mol. The average molecular weight is 321 g/mol. The highest BCUT2D eigenvalue weighted by atomic mass is 16.5. The molecule has 1 heterocycles. The van der Waals surface area contributed by atoms with Crippen LogP contribution < -0.4 is 10.5 Å². The van der Waals surface area contributed by atoms with Crippen LogP contribution in [0.15, 0.2) is 48.8 Å². The molecule has 1 aliphatic rings. The van der Waals surface area contributed by atoms with Gasteiger partial charge in [-0.2, -0.15) is 5.10 Å². The van der Waals surface area contributed by atoms with Gasteiger partial charge in [-0.15, -0.1) is 0 Å². The number of nitrogens with two attached hydrogens (primary N) is 1. The van der Waals surface area contributed by atoms with Gasteiger partial charge in [0.15, 0.2) is 6.10 Å². The average Bonchev–Trinajstić information content (AvgIpc) is 3.32. The molecule has 4 rings (SSSR count). The fourth-order valence-corrected chi connectivity index (χ4v) is 2.90. The minimum atomic E-state index is -0.691. The van der Waals surface area contributed by atoms with E-state index in [9.17, 15) is 4.79 Å². The Kier molecular flexibility index (Phi) is 3.49. The molecule has 5 nitrogen and oxygen atoms in total. The molecule has 0 bridgehead atoms. The number of benzene rings is 2. The van der Waals surface area contributed by atoms with Gasteiger partial charge in [-0.05, 0) is 36.6 Å². The van der Waals surface area contributed by atoms with E-state index in [2.05, 4.69) is 23.4 Å². The van der Waals surface area contributed by atoms with Crippen molar-refractivity contribution >= 4 is 16.7 Å². The Morgan fingerprint density at radius 1 is 1.29 bits per heavy atom. The maximum Gasteiger partial charge on any atom is 0.258 e. The van der Waals surface area contributed by atoms with Crippen LogP contribution in [0.2, 0.25) is 0 Å². The number of ether oxygens (including phenoxy) is 1. The Hall–Kier alpha value is -2.82. The van der Waals surface area contributed by atoms with Gasteiger partial charge in [-0.3, -0.25) is 9.48 Å². The van der Waals surface area contributed by atoms with Gasteiger partial charge in [-0.1, -0.05) is 30.3 Å². The highest BCUT2D eigenvalue weighted by molar-refractivity contribution is 5.99. The molecule has 2 N–H and O–H groups in total. The molecular weight excluding hydrogens is 302 g/mol. The molecule has 5 heteroatoms. The molecule has 1 fully saturated rings. The number of amides is 1. The summed E-state index contributed by atoms with van der Waals surface area (Å²) < 4.78 is 7.86. The molecule has 24 heavy (non-hydrogen) atoms. The van der Waals surface area contributed by atoms with E-state index in [-0.39, 0.29) is 0 Å². The molecule has 1 unspecified atom stereocenters. The van der Waals surface area contributed by atoms with E-state index in [1.165, 1.54) is 12.8 Å². The van der Waals surface area contributed by atoms with Crippen molar-refractivity contribution in [1.82, 2.24) is 9.78 Å². The zero-order valence-corrected chi connectivity index (χ0v) is 13.5. The van der Waals surface area contributed by atoms with Gasteiger partial charge in [0.05, 0.1) is 12.2 Å². The number of hydrogen-bond acceptors (Lipinski definition) is 3. The van der Waals surface area contributed by atoms with Gasteiger partial charge in [-0.25, -0.2) is 0 Å². The van der Waals surface area contributed by atoms with Crippen LogP contribution >= 0.6 is 0 Å². The van der Waals surface area contributed by atoms with E-state index < -0.39 is 12.0 Å². The van der Waals surface area contributed by atoms with Crippen molar-refractivity contribution in [3.8, 4) is 16.9 Å². The Labute approximate surface area is 140 Å². The summed E-state index contributed by atoms with van der Waals surface area (Å²) in [6.07, 6.45) is 5.59. The lowest BCUT2D eigenvalue weighted by Crippen LogP contribution is -2.30. The van der Waals surface area contributed by atoms with E-state index in [4.69, 9.17) is 10.5 Å². The third-order valence-corrected chi connectivity index (χ3v) is 4.41. The molecule has 122 valence electrons. The second kappa shape index (κ2) is 5.67. The lowest BCUT2D eigenvalue weighted by Gasteiger charge is -2.16. The van der Waals surface area contributed by atoms with Crippen molar-refractivity contribution in [2.24, 2.45) is 5.73 Å². The first-order valence-electron chi connectivity index (χ1n) is 8.16. The topological polar surface area (TPSA) is 70.1 Å². The summed E-state index contributed by atoms with van der Waals surface area (Å²) in [7, 11) is 0. The molecule has 3 aromatic rings.